The number of ether oxygens (including phenoxy) is 3. The van der Waals surface area contributed by atoms with E-state index in [-0.39, 0.29) is 11.4 Å². The summed E-state index contributed by atoms with van der Waals surface area (Å²) >= 11 is 0. The highest BCUT2D eigenvalue weighted by Crippen LogP contribution is 2.35. The Balaban J connectivity index is 1.49. The van der Waals surface area contributed by atoms with Gasteiger partial charge in [0.15, 0.2) is 11.6 Å². The summed E-state index contributed by atoms with van der Waals surface area (Å²) in [5, 5.41) is 10.4. The van der Waals surface area contributed by atoms with Crippen molar-refractivity contribution in [2.24, 2.45) is 0 Å². The lowest BCUT2D eigenvalue weighted by molar-refractivity contribution is 0.0595. The summed E-state index contributed by atoms with van der Waals surface area (Å²) in [6.45, 7) is 2.88. The first kappa shape index (κ1) is 28.4. The number of rotatable bonds is 10. The predicted octanol–water partition coefficient (Wildman–Crippen LogP) is 5.09. The van der Waals surface area contributed by atoms with Gasteiger partial charge in [0.25, 0.3) is 0 Å². The maximum atomic E-state index is 14.4. The Kier molecular flexibility index (Phi) is 7.87. The molecule has 0 aliphatic rings. The molecular formula is C29H33FN6O4S. The van der Waals surface area contributed by atoms with E-state index in [4.69, 9.17) is 19.9 Å². The van der Waals surface area contributed by atoms with E-state index >= 15 is 0 Å². The number of anilines is 1. The van der Waals surface area contributed by atoms with Gasteiger partial charge in [0.2, 0.25) is 0 Å². The van der Waals surface area contributed by atoms with Gasteiger partial charge in [-0.1, -0.05) is 0 Å². The van der Waals surface area contributed by atoms with Crippen LogP contribution in [-0.4, -0.2) is 68.8 Å². The van der Waals surface area contributed by atoms with Gasteiger partial charge in [0.1, 0.15) is 18.7 Å². The Bertz CT molecular complexity index is 1710. The largest absolute Gasteiger partial charge is 0.482 e. The van der Waals surface area contributed by atoms with Crippen LogP contribution >= 0.6 is 10.0 Å². The standard InChI is InChI=1S/C29H33FN6O4S/c1-18(40-27-13-19-11-22(29(37)38-2)23(30)15-24(19)34-28(27)31)21-14-25-20(12-26(21)35-8-6-7-32-35)16-33-36(25)17-39-9-10-41(3,4)5/h6-8,11-16,18H,9-10,17H2,1-5H3,(H2,31,34). The molecule has 0 amide bonds. The Hall–Kier alpha value is -4.16. The van der Waals surface area contributed by atoms with Crippen LogP contribution in [0.1, 0.15) is 28.9 Å². The smallest absolute Gasteiger partial charge is 0.340 e. The predicted molar refractivity (Wildman–Crippen MR) is 160 cm³/mol. The molecule has 0 fully saturated rings. The molecule has 3 heterocycles. The van der Waals surface area contributed by atoms with Crippen LogP contribution in [0.3, 0.4) is 0 Å². The number of hydrogen-bond donors (Lipinski definition) is 1. The van der Waals surface area contributed by atoms with E-state index in [1.54, 1.807) is 23.1 Å². The summed E-state index contributed by atoms with van der Waals surface area (Å²) in [5.74, 6) is -0.123. The molecule has 0 aliphatic carbocycles. The second-order valence-corrected chi connectivity index (χ2v) is 15.1. The number of carbonyl (C=O) groups is 1. The van der Waals surface area contributed by atoms with Gasteiger partial charge >= 0.3 is 5.97 Å². The molecule has 0 saturated carbocycles. The maximum absolute atomic E-state index is 14.4. The first-order valence-corrected chi connectivity index (χ1v) is 15.9. The molecule has 5 aromatic rings. The SMILES string of the molecule is COC(=O)c1cc2cc(OC(C)c3cc4c(cnn4COCCS(C)(C)C)cc3-n3cccn3)c(N)nc2cc1F. The zero-order valence-corrected chi connectivity index (χ0v) is 24.4. The lowest BCUT2D eigenvalue weighted by Gasteiger charge is -2.24. The lowest BCUT2D eigenvalue weighted by Crippen LogP contribution is -2.12. The van der Waals surface area contributed by atoms with E-state index in [0.29, 0.717) is 30.0 Å². The summed E-state index contributed by atoms with van der Waals surface area (Å²) in [6.07, 6.45) is 11.6. The van der Waals surface area contributed by atoms with E-state index in [2.05, 4.69) is 33.9 Å². The number of aromatic nitrogens is 5. The topological polar surface area (TPSA) is 119 Å². The van der Waals surface area contributed by atoms with E-state index in [0.717, 1.165) is 34.0 Å². The number of pyridine rings is 1. The molecule has 2 aromatic carbocycles. The molecule has 1 unspecified atom stereocenters. The lowest BCUT2D eigenvalue weighted by atomic mass is 10.1. The number of halogens is 1. The molecule has 0 radical (unpaired) electrons. The second-order valence-electron chi connectivity index (χ2n) is 10.5. The second kappa shape index (κ2) is 11.4. The Morgan fingerprint density at radius 3 is 2.63 bits per heavy atom. The highest BCUT2D eigenvalue weighted by atomic mass is 32.3. The van der Waals surface area contributed by atoms with Crippen LogP contribution in [0.5, 0.6) is 5.75 Å². The van der Waals surface area contributed by atoms with Gasteiger partial charge < -0.3 is 19.9 Å². The highest BCUT2D eigenvalue weighted by molar-refractivity contribution is 8.32. The zero-order chi connectivity index (χ0) is 29.3. The van der Waals surface area contributed by atoms with Crippen LogP contribution < -0.4 is 10.5 Å². The number of nitrogens with two attached hydrogens (primary N) is 1. The van der Waals surface area contributed by atoms with Crippen molar-refractivity contribution in [2.45, 2.75) is 19.8 Å². The quantitative estimate of drug-likeness (QED) is 0.179. The molecule has 216 valence electrons. The van der Waals surface area contributed by atoms with Gasteiger partial charge in [-0.25, -0.2) is 33.6 Å². The molecule has 1 atom stereocenters. The summed E-state index contributed by atoms with van der Waals surface area (Å²) < 4.78 is 35.0. The zero-order valence-electron chi connectivity index (χ0n) is 23.6. The van der Waals surface area contributed by atoms with Crippen LogP contribution in [0.15, 0.2) is 55.0 Å². The molecule has 12 heteroatoms. The van der Waals surface area contributed by atoms with Gasteiger partial charge in [0.05, 0.1) is 42.2 Å². The Morgan fingerprint density at radius 1 is 1.12 bits per heavy atom. The van der Waals surface area contributed by atoms with Gasteiger partial charge in [0, 0.05) is 40.5 Å². The van der Waals surface area contributed by atoms with Crippen molar-refractivity contribution >= 4 is 43.6 Å². The third-order valence-corrected chi connectivity index (χ3v) is 8.03. The van der Waals surface area contributed by atoms with Crippen molar-refractivity contribution in [1.82, 2.24) is 24.5 Å². The normalized spacial score (nSPS) is 13.0. The van der Waals surface area contributed by atoms with Crippen molar-refractivity contribution in [3.8, 4) is 11.4 Å². The van der Waals surface area contributed by atoms with Crippen molar-refractivity contribution in [1.29, 1.82) is 0 Å². The van der Waals surface area contributed by atoms with E-state index in [9.17, 15) is 9.18 Å². The number of hydrogen-bond acceptors (Lipinski definition) is 8. The Labute approximate surface area is 238 Å². The molecule has 0 saturated heterocycles. The average molecular weight is 581 g/mol. The van der Waals surface area contributed by atoms with Gasteiger partial charge in [-0.3, -0.25) is 0 Å². The van der Waals surface area contributed by atoms with Gasteiger partial charge in [-0.05, 0) is 56.0 Å². The summed E-state index contributed by atoms with van der Waals surface area (Å²) in [4.78, 5) is 16.3. The van der Waals surface area contributed by atoms with Crippen LogP contribution in [0.25, 0.3) is 27.5 Å². The van der Waals surface area contributed by atoms with Crippen molar-refractivity contribution in [3.05, 3.63) is 71.9 Å². The fraction of sp³-hybridized carbons (Fsp3) is 0.310. The molecule has 10 nitrogen and oxygen atoms in total. The van der Waals surface area contributed by atoms with Crippen LogP contribution in [0.2, 0.25) is 0 Å². The summed E-state index contributed by atoms with van der Waals surface area (Å²) in [7, 11) is 0.545. The van der Waals surface area contributed by atoms with Crippen molar-refractivity contribution in [3.63, 3.8) is 0 Å². The molecule has 2 N–H and O–H groups in total. The summed E-state index contributed by atoms with van der Waals surface area (Å²) in [6, 6.07) is 10.0. The number of methoxy groups -OCH3 is 1. The molecule has 0 spiro atoms. The fourth-order valence-corrected chi connectivity index (χ4v) is 5.05. The summed E-state index contributed by atoms with van der Waals surface area (Å²) in [5.41, 5.74) is 8.85. The minimum absolute atomic E-state index is 0.0932. The third kappa shape index (κ3) is 6.13. The number of fused-ring (bicyclic) bond motifs is 2. The minimum atomic E-state index is -0.783. The van der Waals surface area contributed by atoms with E-state index < -0.39 is 27.9 Å². The van der Waals surface area contributed by atoms with Crippen LogP contribution in [-0.2, 0) is 16.2 Å². The number of esters is 1. The minimum Gasteiger partial charge on any atom is -0.482 e. The molecule has 0 bridgehead atoms. The number of nitrogen functional groups attached to an aromatic ring is 1. The van der Waals surface area contributed by atoms with Gasteiger partial charge in [-0.2, -0.15) is 10.2 Å². The number of benzene rings is 2. The molecule has 41 heavy (non-hydrogen) atoms. The van der Waals surface area contributed by atoms with E-state index in [1.807, 2.05) is 36.0 Å². The average Bonchev–Trinajstić information content (AvgIpc) is 3.60. The highest BCUT2D eigenvalue weighted by Gasteiger charge is 2.21. The first-order chi connectivity index (χ1) is 19.5. The first-order valence-electron chi connectivity index (χ1n) is 12.9. The fourth-order valence-electron chi connectivity index (χ4n) is 4.44. The Morgan fingerprint density at radius 2 is 1.93 bits per heavy atom. The van der Waals surface area contributed by atoms with Crippen LogP contribution in [0.4, 0.5) is 10.2 Å². The molecule has 3 aromatic heterocycles. The van der Waals surface area contributed by atoms with Crippen LogP contribution in [0, 0.1) is 5.82 Å². The number of nitrogens with zero attached hydrogens (tertiary/aromatic N) is 5. The third-order valence-electron chi connectivity index (χ3n) is 6.64. The molecule has 0 aliphatic heterocycles. The molecule has 5 rings (SSSR count). The number of carbonyl (C=O) groups excluding carboxylic acids is 1. The molecular weight excluding hydrogens is 547 g/mol. The monoisotopic (exact) mass is 580 g/mol. The van der Waals surface area contributed by atoms with E-state index in [1.165, 1.54) is 13.2 Å². The van der Waals surface area contributed by atoms with Gasteiger partial charge in [-0.15, -0.1) is 0 Å². The van der Waals surface area contributed by atoms with Crippen molar-refractivity contribution in [2.75, 3.05) is 44.0 Å². The maximum Gasteiger partial charge on any atom is 0.340 e. The van der Waals surface area contributed by atoms with Crippen molar-refractivity contribution < 1.29 is 23.4 Å².